The summed E-state index contributed by atoms with van der Waals surface area (Å²) in [7, 11) is 1.66. The average Bonchev–Trinajstić information content (AvgIpc) is 3.30. The smallest absolute Gasteiger partial charge is 0.414 e. The Morgan fingerprint density at radius 3 is 2.54 bits per heavy atom. The first-order valence-electron chi connectivity index (χ1n) is 11.7. The van der Waals surface area contributed by atoms with Crippen LogP contribution in [0.2, 0.25) is 0 Å². The fourth-order valence-electron chi connectivity index (χ4n) is 3.80. The zero-order valence-electron chi connectivity index (χ0n) is 20.8. The molecule has 0 saturated carbocycles. The van der Waals surface area contributed by atoms with Crippen LogP contribution in [0.15, 0.2) is 52.0 Å². The maximum Gasteiger partial charge on any atom is 0.414 e. The van der Waals surface area contributed by atoms with Gasteiger partial charge in [-0.3, -0.25) is 5.32 Å². The second-order valence-electron chi connectivity index (χ2n) is 9.45. The SMILES string of the molecule is COc1ccc2cc(C(C)c3cc(/N=C(/NC(=O)OC(C)(C)C)N4CCOCC4)on3)ccc2c1. The van der Waals surface area contributed by atoms with Gasteiger partial charge in [-0.2, -0.15) is 4.99 Å². The molecular weight excluding hydrogens is 448 g/mol. The average molecular weight is 481 g/mol. The molecule has 1 fully saturated rings. The van der Waals surface area contributed by atoms with Gasteiger partial charge in [0.05, 0.1) is 26.0 Å². The van der Waals surface area contributed by atoms with Crippen LogP contribution in [-0.2, 0) is 9.47 Å². The number of guanidine groups is 1. The highest BCUT2D eigenvalue weighted by Crippen LogP contribution is 2.30. The molecule has 1 N–H and O–H groups in total. The van der Waals surface area contributed by atoms with Gasteiger partial charge in [0.2, 0.25) is 5.96 Å². The van der Waals surface area contributed by atoms with Crippen LogP contribution in [0.3, 0.4) is 0 Å². The third kappa shape index (κ3) is 6.30. The predicted octanol–water partition coefficient (Wildman–Crippen LogP) is 4.83. The number of hydrogen-bond donors (Lipinski definition) is 1. The standard InChI is InChI=1S/C26H32N4O5/c1-17(18-6-7-20-15-21(32-5)9-8-19(20)14-18)22-16-23(35-29-22)27-24(30-10-12-33-13-11-30)28-25(31)34-26(2,3)4/h6-9,14-17H,10-13H2,1-5H3,(H,27,28,31). The molecule has 0 bridgehead atoms. The number of carbonyl (C=O) groups excluding carboxylic acids is 1. The molecule has 2 aromatic carbocycles. The first-order valence-corrected chi connectivity index (χ1v) is 11.7. The molecule has 1 atom stereocenters. The minimum Gasteiger partial charge on any atom is -0.497 e. The van der Waals surface area contributed by atoms with Gasteiger partial charge in [-0.15, -0.1) is 0 Å². The van der Waals surface area contributed by atoms with Gasteiger partial charge in [0.15, 0.2) is 0 Å². The Balaban J connectivity index is 1.55. The molecule has 0 aliphatic carbocycles. The number of fused-ring (bicyclic) bond motifs is 1. The first kappa shape index (κ1) is 24.5. The number of ether oxygens (including phenoxy) is 3. The fourth-order valence-corrected chi connectivity index (χ4v) is 3.80. The van der Waals surface area contributed by atoms with E-state index in [1.807, 2.05) is 43.9 Å². The molecule has 1 aliphatic rings. The molecular formula is C26H32N4O5. The van der Waals surface area contributed by atoms with Crippen molar-refractivity contribution in [1.29, 1.82) is 0 Å². The van der Waals surface area contributed by atoms with Crippen molar-refractivity contribution in [1.82, 2.24) is 15.4 Å². The molecule has 9 nitrogen and oxygen atoms in total. The van der Waals surface area contributed by atoms with E-state index >= 15 is 0 Å². The molecule has 1 unspecified atom stereocenters. The Morgan fingerprint density at radius 1 is 1.11 bits per heavy atom. The third-order valence-electron chi connectivity index (χ3n) is 5.67. The van der Waals surface area contributed by atoms with Crippen LogP contribution in [0, 0.1) is 0 Å². The molecule has 3 aromatic rings. The summed E-state index contributed by atoms with van der Waals surface area (Å²) in [4.78, 5) is 18.9. The third-order valence-corrected chi connectivity index (χ3v) is 5.67. The molecule has 1 amide bonds. The van der Waals surface area contributed by atoms with Crippen molar-refractivity contribution in [2.24, 2.45) is 4.99 Å². The summed E-state index contributed by atoms with van der Waals surface area (Å²) in [6, 6.07) is 14.1. The summed E-state index contributed by atoms with van der Waals surface area (Å²) in [5.74, 6) is 1.46. The maximum atomic E-state index is 12.4. The lowest BCUT2D eigenvalue weighted by molar-refractivity contribution is 0.0514. The summed E-state index contributed by atoms with van der Waals surface area (Å²) >= 11 is 0. The van der Waals surface area contributed by atoms with Gasteiger partial charge >= 0.3 is 6.09 Å². The van der Waals surface area contributed by atoms with Crippen molar-refractivity contribution in [3.63, 3.8) is 0 Å². The van der Waals surface area contributed by atoms with Gasteiger partial charge in [-0.25, -0.2) is 4.79 Å². The highest BCUT2D eigenvalue weighted by molar-refractivity contribution is 5.95. The van der Waals surface area contributed by atoms with Crippen molar-refractivity contribution in [2.45, 2.75) is 39.2 Å². The van der Waals surface area contributed by atoms with Crippen LogP contribution in [0.1, 0.15) is 44.9 Å². The first-order chi connectivity index (χ1) is 16.7. The second-order valence-corrected chi connectivity index (χ2v) is 9.45. The normalized spacial score (nSPS) is 15.7. The number of methoxy groups -OCH3 is 1. The zero-order chi connectivity index (χ0) is 25.0. The number of aromatic nitrogens is 1. The zero-order valence-corrected chi connectivity index (χ0v) is 20.8. The molecule has 2 heterocycles. The van der Waals surface area contributed by atoms with Gasteiger partial charge in [0.1, 0.15) is 11.4 Å². The lowest BCUT2D eigenvalue weighted by atomic mass is 9.95. The number of hydrogen-bond acceptors (Lipinski definition) is 7. The van der Waals surface area contributed by atoms with E-state index in [2.05, 4.69) is 40.6 Å². The molecule has 4 rings (SSSR count). The van der Waals surface area contributed by atoms with Gasteiger partial charge < -0.3 is 23.6 Å². The predicted molar refractivity (Wildman–Crippen MR) is 133 cm³/mol. The highest BCUT2D eigenvalue weighted by Gasteiger charge is 2.23. The van der Waals surface area contributed by atoms with Gasteiger partial charge in [0, 0.05) is 25.1 Å². The molecule has 186 valence electrons. The monoisotopic (exact) mass is 480 g/mol. The molecule has 9 heteroatoms. The van der Waals surface area contributed by atoms with Crippen molar-refractivity contribution in [3.05, 3.63) is 53.7 Å². The molecule has 1 aromatic heterocycles. The number of aliphatic imine (C=N–C) groups is 1. The fraction of sp³-hybridized carbons (Fsp3) is 0.423. The van der Waals surface area contributed by atoms with Crippen LogP contribution < -0.4 is 10.1 Å². The number of benzene rings is 2. The number of morpholine rings is 1. The minimum atomic E-state index is -0.625. The van der Waals surface area contributed by atoms with E-state index in [4.69, 9.17) is 18.7 Å². The van der Waals surface area contributed by atoms with Crippen molar-refractivity contribution in [2.75, 3.05) is 33.4 Å². The molecule has 1 saturated heterocycles. The molecule has 0 radical (unpaired) electrons. The van der Waals surface area contributed by atoms with E-state index in [-0.39, 0.29) is 5.92 Å². The maximum absolute atomic E-state index is 12.4. The van der Waals surface area contributed by atoms with E-state index in [0.717, 1.165) is 27.8 Å². The van der Waals surface area contributed by atoms with E-state index in [1.54, 1.807) is 13.2 Å². The molecule has 35 heavy (non-hydrogen) atoms. The number of carbonyl (C=O) groups is 1. The van der Waals surface area contributed by atoms with Crippen LogP contribution in [0.25, 0.3) is 10.8 Å². The summed E-state index contributed by atoms with van der Waals surface area (Å²) in [5.41, 5.74) is 1.22. The van der Waals surface area contributed by atoms with E-state index < -0.39 is 11.7 Å². The quantitative estimate of drug-likeness (QED) is 0.422. The van der Waals surface area contributed by atoms with Crippen LogP contribution in [-0.4, -0.2) is 61.1 Å². The summed E-state index contributed by atoms with van der Waals surface area (Å²) < 4.78 is 21.7. The van der Waals surface area contributed by atoms with Crippen LogP contribution in [0.4, 0.5) is 10.7 Å². The topological polar surface area (TPSA) is 98.4 Å². The summed E-state index contributed by atoms with van der Waals surface area (Å²) in [6.07, 6.45) is -0.580. The van der Waals surface area contributed by atoms with E-state index in [1.165, 1.54) is 0 Å². The van der Waals surface area contributed by atoms with Crippen LogP contribution >= 0.6 is 0 Å². The lowest BCUT2D eigenvalue weighted by Crippen LogP contribution is -2.49. The Kier molecular flexibility index (Phi) is 7.25. The minimum absolute atomic E-state index is 0.0140. The second kappa shape index (κ2) is 10.4. The highest BCUT2D eigenvalue weighted by atomic mass is 16.6. The Bertz CT molecular complexity index is 1210. The van der Waals surface area contributed by atoms with Crippen LogP contribution in [0.5, 0.6) is 5.75 Å². The summed E-state index contributed by atoms with van der Waals surface area (Å²) in [6.45, 7) is 9.77. The number of rotatable bonds is 4. The van der Waals surface area contributed by atoms with Gasteiger partial charge in [0.25, 0.3) is 5.88 Å². The van der Waals surface area contributed by atoms with Crippen molar-refractivity contribution in [3.8, 4) is 5.75 Å². The van der Waals surface area contributed by atoms with E-state index in [9.17, 15) is 4.79 Å². The van der Waals surface area contributed by atoms with Crippen molar-refractivity contribution >= 4 is 28.7 Å². The number of nitrogens with zero attached hydrogens (tertiary/aromatic N) is 3. The van der Waals surface area contributed by atoms with Gasteiger partial charge in [-0.1, -0.05) is 36.3 Å². The molecule has 1 aliphatic heterocycles. The lowest BCUT2D eigenvalue weighted by Gasteiger charge is -2.30. The number of amides is 1. The largest absolute Gasteiger partial charge is 0.497 e. The van der Waals surface area contributed by atoms with Gasteiger partial charge in [-0.05, 0) is 49.2 Å². The summed E-state index contributed by atoms with van der Waals surface area (Å²) in [5, 5.41) is 9.22. The Morgan fingerprint density at radius 2 is 1.83 bits per heavy atom. The Hall–Kier alpha value is -3.59. The van der Waals surface area contributed by atoms with E-state index in [0.29, 0.717) is 38.1 Å². The molecule has 0 spiro atoms. The van der Waals surface area contributed by atoms with Crippen molar-refractivity contribution < 1.29 is 23.5 Å². The number of nitrogens with one attached hydrogen (secondary N) is 1. The number of alkyl carbamates (subject to hydrolysis) is 1. The Labute approximate surface area is 205 Å².